The summed E-state index contributed by atoms with van der Waals surface area (Å²) in [6, 6.07) is 5.91. The van der Waals surface area contributed by atoms with Crippen molar-refractivity contribution in [3.63, 3.8) is 0 Å². The van der Waals surface area contributed by atoms with E-state index in [0.717, 1.165) is 0 Å². The molecule has 0 aliphatic heterocycles. The second-order valence-electron chi connectivity index (χ2n) is 4.59. The van der Waals surface area contributed by atoms with Gasteiger partial charge in [0.1, 0.15) is 5.75 Å². The predicted molar refractivity (Wildman–Crippen MR) is 71.4 cm³/mol. The van der Waals surface area contributed by atoms with Gasteiger partial charge in [-0.1, -0.05) is 0 Å². The Balaban J connectivity index is 2.64. The van der Waals surface area contributed by atoms with Gasteiger partial charge in [-0.2, -0.15) is 0 Å². The smallest absolute Gasteiger partial charge is 0.303 e. The number of ketones is 1. The molecular weight excluding hydrogens is 246 g/mol. The summed E-state index contributed by atoms with van der Waals surface area (Å²) in [6.07, 6.45) is 0.0965. The highest BCUT2D eigenvalue weighted by Crippen LogP contribution is 2.15. The number of nitrogens with two attached hydrogens (primary N) is 1. The molecule has 0 aliphatic carbocycles. The average Bonchev–Trinajstić information content (AvgIpc) is 2.35. The van der Waals surface area contributed by atoms with Crippen LogP contribution in [0.4, 0.5) is 0 Å². The first-order valence-corrected chi connectivity index (χ1v) is 6.18. The quantitative estimate of drug-likeness (QED) is 0.734. The first-order valence-electron chi connectivity index (χ1n) is 6.18. The molecule has 1 aromatic carbocycles. The van der Waals surface area contributed by atoms with E-state index >= 15 is 0 Å². The average molecular weight is 265 g/mol. The number of hydrogen-bond donors (Lipinski definition) is 2. The molecule has 3 N–H and O–H groups in total. The van der Waals surface area contributed by atoms with Crippen molar-refractivity contribution in [2.75, 3.05) is 0 Å². The molecule has 0 spiro atoms. The molecule has 0 aromatic heterocycles. The lowest BCUT2D eigenvalue weighted by Gasteiger charge is -2.12. The minimum Gasteiger partial charge on any atom is -0.491 e. The Morgan fingerprint density at radius 3 is 2.32 bits per heavy atom. The Hall–Kier alpha value is -1.88. The van der Waals surface area contributed by atoms with Crippen molar-refractivity contribution >= 4 is 11.8 Å². The fourth-order valence-corrected chi connectivity index (χ4v) is 1.59. The summed E-state index contributed by atoms with van der Waals surface area (Å²) in [5.74, 6) is -0.521. The fraction of sp³-hybridized carbons (Fsp3) is 0.429. The molecule has 104 valence electrons. The van der Waals surface area contributed by atoms with Gasteiger partial charge in [-0.3, -0.25) is 9.59 Å². The Labute approximate surface area is 112 Å². The summed E-state index contributed by atoms with van der Waals surface area (Å²) < 4.78 is 5.47. The van der Waals surface area contributed by atoms with E-state index in [4.69, 9.17) is 15.6 Å². The number of aliphatic carboxylic acids is 1. The number of benzene rings is 1. The Kier molecular flexibility index (Phi) is 5.51. The maximum Gasteiger partial charge on any atom is 0.303 e. The van der Waals surface area contributed by atoms with Crippen LogP contribution in [-0.4, -0.2) is 29.0 Å². The predicted octanol–water partition coefficient (Wildman–Crippen LogP) is 1.85. The second-order valence-corrected chi connectivity index (χ2v) is 4.59. The van der Waals surface area contributed by atoms with Crippen LogP contribution >= 0.6 is 0 Å². The maximum absolute atomic E-state index is 11.9. The molecular formula is C14H19NO4. The summed E-state index contributed by atoms with van der Waals surface area (Å²) in [5.41, 5.74) is 6.14. The van der Waals surface area contributed by atoms with Crippen molar-refractivity contribution < 1.29 is 19.4 Å². The maximum atomic E-state index is 11.9. The molecule has 0 heterocycles. The van der Waals surface area contributed by atoms with Crippen LogP contribution in [0.1, 0.15) is 37.0 Å². The van der Waals surface area contributed by atoms with Crippen LogP contribution in [0.25, 0.3) is 0 Å². The van der Waals surface area contributed by atoms with E-state index in [2.05, 4.69) is 0 Å². The van der Waals surface area contributed by atoms with Gasteiger partial charge in [-0.15, -0.1) is 0 Å². The molecule has 19 heavy (non-hydrogen) atoms. The highest BCUT2D eigenvalue weighted by molar-refractivity contribution is 6.00. The molecule has 1 aromatic rings. The van der Waals surface area contributed by atoms with Crippen molar-refractivity contribution in [1.29, 1.82) is 0 Å². The minimum atomic E-state index is -0.955. The van der Waals surface area contributed by atoms with Gasteiger partial charge in [0.05, 0.1) is 12.1 Å². The number of Topliss-reactive ketones (excluding diaryl/α,β-unsaturated/α-hetero) is 1. The van der Waals surface area contributed by atoms with Crippen molar-refractivity contribution in [3.8, 4) is 5.75 Å². The highest BCUT2D eigenvalue weighted by atomic mass is 16.5. The number of rotatable bonds is 7. The number of carboxylic acid groups (broad SMARTS) is 1. The summed E-state index contributed by atoms with van der Waals surface area (Å²) in [4.78, 5) is 22.4. The molecule has 0 radical (unpaired) electrons. The summed E-state index contributed by atoms with van der Waals surface area (Å²) in [6.45, 7) is 3.84. The lowest BCUT2D eigenvalue weighted by molar-refractivity contribution is -0.137. The Morgan fingerprint density at radius 2 is 1.84 bits per heavy atom. The largest absolute Gasteiger partial charge is 0.491 e. The number of ether oxygens (including phenoxy) is 1. The highest BCUT2D eigenvalue weighted by Gasteiger charge is 2.16. The standard InChI is InChI=1S/C14H19NO4/c1-9(2)19-11-5-3-10(4-6-11)14(18)12(15)7-8-13(16)17/h3-6,9,12H,7-8,15H2,1-2H3,(H,16,17). The van der Waals surface area contributed by atoms with Crippen LogP contribution in [0, 0.1) is 0 Å². The van der Waals surface area contributed by atoms with E-state index in [-0.39, 0.29) is 24.7 Å². The van der Waals surface area contributed by atoms with Crippen molar-refractivity contribution in [2.24, 2.45) is 5.73 Å². The number of carboxylic acids is 1. The zero-order valence-corrected chi connectivity index (χ0v) is 11.1. The number of hydrogen-bond acceptors (Lipinski definition) is 4. The third kappa shape index (κ3) is 5.09. The molecule has 5 heteroatoms. The first kappa shape index (κ1) is 15.2. The Bertz CT molecular complexity index is 439. The summed E-state index contributed by atoms with van der Waals surface area (Å²) in [5, 5.41) is 8.55. The summed E-state index contributed by atoms with van der Waals surface area (Å²) >= 11 is 0. The third-order valence-electron chi connectivity index (χ3n) is 2.52. The summed E-state index contributed by atoms with van der Waals surface area (Å²) in [7, 11) is 0. The van der Waals surface area contributed by atoms with Crippen LogP contribution in [0.2, 0.25) is 0 Å². The van der Waals surface area contributed by atoms with Crippen LogP contribution in [0.3, 0.4) is 0 Å². The fourth-order valence-electron chi connectivity index (χ4n) is 1.59. The minimum absolute atomic E-state index is 0.0689. The van der Waals surface area contributed by atoms with E-state index in [1.165, 1.54) is 0 Å². The van der Waals surface area contributed by atoms with E-state index in [9.17, 15) is 9.59 Å². The van der Waals surface area contributed by atoms with E-state index in [0.29, 0.717) is 11.3 Å². The molecule has 0 saturated heterocycles. The molecule has 0 aliphatic rings. The van der Waals surface area contributed by atoms with Gasteiger partial charge in [0.2, 0.25) is 0 Å². The van der Waals surface area contributed by atoms with Gasteiger partial charge in [-0.25, -0.2) is 0 Å². The lowest BCUT2D eigenvalue weighted by atomic mass is 10.0. The van der Waals surface area contributed by atoms with Crippen LogP contribution in [0.5, 0.6) is 5.75 Å². The number of carbonyl (C=O) groups is 2. The topological polar surface area (TPSA) is 89.6 Å². The van der Waals surface area contributed by atoms with Crippen molar-refractivity contribution in [3.05, 3.63) is 29.8 Å². The molecule has 1 unspecified atom stereocenters. The van der Waals surface area contributed by atoms with Crippen LogP contribution in [0.15, 0.2) is 24.3 Å². The third-order valence-corrected chi connectivity index (χ3v) is 2.52. The van der Waals surface area contributed by atoms with E-state index in [1.807, 2.05) is 13.8 Å². The second kappa shape index (κ2) is 6.89. The normalized spacial score (nSPS) is 12.2. The molecule has 5 nitrogen and oxygen atoms in total. The van der Waals surface area contributed by atoms with Gasteiger partial charge in [-0.05, 0) is 44.5 Å². The van der Waals surface area contributed by atoms with Crippen LogP contribution in [-0.2, 0) is 4.79 Å². The van der Waals surface area contributed by atoms with Gasteiger partial charge < -0.3 is 15.6 Å². The van der Waals surface area contributed by atoms with Gasteiger partial charge in [0.25, 0.3) is 0 Å². The van der Waals surface area contributed by atoms with Crippen molar-refractivity contribution in [1.82, 2.24) is 0 Å². The van der Waals surface area contributed by atoms with Crippen molar-refractivity contribution in [2.45, 2.75) is 38.8 Å². The molecule has 0 amide bonds. The Morgan fingerprint density at radius 1 is 1.26 bits per heavy atom. The van der Waals surface area contributed by atoms with Gasteiger partial charge >= 0.3 is 5.97 Å². The molecule has 1 rings (SSSR count). The monoisotopic (exact) mass is 265 g/mol. The van der Waals surface area contributed by atoms with Gasteiger partial charge in [0, 0.05) is 12.0 Å². The molecule has 1 atom stereocenters. The lowest BCUT2D eigenvalue weighted by Crippen LogP contribution is -2.31. The molecule has 0 fully saturated rings. The van der Waals surface area contributed by atoms with Gasteiger partial charge in [0.15, 0.2) is 5.78 Å². The molecule has 0 bridgehead atoms. The van der Waals surface area contributed by atoms with Crippen LogP contribution < -0.4 is 10.5 Å². The zero-order chi connectivity index (χ0) is 14.4. The SMILES string of the molecule is CC(C)Oc1ccc(C(=O)C(N)CCC(=O)O)cc1. The zero-order valence-electron chi connectivity index (χ0n) is 11.1. The van der Waals surface area contributed by atoms with E-state index in [1.54, 1.807) is 24.3 Å². The van der Waals surface area contributed by atoms with E-state index < -0.39 is 12.0 Å². The first-order chi connectivity index (χ1) is 8.90. The number of carbonyl (C=O) groups excluding carboxylic acids is 1. The molecule has 0 saturated carbocycles.